The van der Waals surface area contributed by atoms with E-state index in [1.165, 1.54) is 16.8 Å². The summed E-state index contributed by atoms with van der Waals surface area (Å²) in [6, 6.07) is 3.73. The molecule has 0 atom stereocenters. The number of aromatic nitrogens is 2. The van der Waals surface area contributed by atoms with Crippen molar-refractivity contribution in [3.63, 3.8) is 0 Å². The Morgan fingerprint density at radius 2 is 1.86 bits per heavy atom. The van der Waals surface area contributed by atoms with Crippen LogP contribution < -0.4 is 10.3 Å². The molecule has 0 saturated heterocycles. The zero-order valence-electron chi connectivity index (χ0n) is 16.3. The third kappa shape index (κ3) is 4.12. The molecule has 0 spiro atoms. The number of rotatable bonds is 7. The van der Waals surface area contributed by atoms with Crippen molar-refractivity contribution in [3.05, 3.63) is 39.8 Å². The predicted molar refractivity (Wildman–Crippen MR) is 108 cm³/mol. The molecular formula is C19H24N4O5S. The van der Waals surface area contributed by atoms with Gasteiger partial charge in [0.1, 0.15) is 21.9 Å². The molecule has 0 bridgehead atoms. The van der Waals surface area contributed by atoms with Gasteiger partial charge in [-0.3, -0.25) is 9.52 Å². The van der Waals surface area contributed by atoms with Gasteiger partial charge in [-0.1, -0.05) is 26.7 Å². The molecule has 1 aromatic heterocycles. The maximum absolute atomic E-state index is 13.0. The first-order valence-corrected chi connectivity index (χ1v) is 11.0. The molecule has 29 heavy (non-hydrogen) atoms. The van der Waals surface area contributed by atoms with Crippen LogP contribution >= 0.6 is 0 Å². The third-order valence-electron chi connectivity index (χ3n) is 4.62. The number of nitrogens with zero attached hydrogens (tertiary/aromatic N) is 3. The lowest BCUT2D eigenvalue weighted by Gasteiger charge is -2.20. The van der Waals surface area contributed by atoms with Crippen LogP contribution in [0, 0.1) is 0 Å². The Kier molecular flexibility index (Phi) is 5.92. The van der Waals surface area contributed by atoms with Gasteiger partial charge in [-0.05, 0) is 31.4 Å². The molecule has 2 heterocycles. The molecular weight excluding hydrogens is 396 g/mol. The minimum atomic E-state index is -4.08. The molecule has 156 valence electrons. The van der Waals surface area contributed by atoms with Crippen LogP contribution in [-0.4, -0.2) is 34.2 Å². The number of hydrogen-bond acceptors (Lipinski definition) is 7. The van der Waals surface area contributed by atoms with Crippen LogP contribution in [0.4, 0.5) is 5.69 Å². The van der Waals surface area contributed by atoms with Crippen LogP contribution in [0.2, 0.25) is 0 Å². The van der Waals surface area contributed by atoms with E-state index in [2.05, 4.69) is 14.8 Å². The number of aliphatic imine (C=N–C) groups is 1. The van der Waals surface area contributed by atoms with Gasteiger partial charge in [0.2, 0.25) is 0 Å². The number of aromatic hydroxyl groups is 2. The number of phenolic OH excluding ortho intramolecular Hbond substituents is 1. The van der Waals surface area contributed by atoms with Crippen LogP contribution in [0.3, 0.4) is 0 Å². The largest absolute Gasteiger partial charge is 0.508 e. The van der Waals surface area contributed by atoms with Crippen molar-refractivity contribution in [2.24, 2.45) is 4.99 Å². The highest BCUT2D eigenvalue weighted by atomic mass is 32.2. The lowest BCUT2D eigenvalue weighted by molar-refractivity contribution is 0.439. The predicted octanol–water partition coefficient (Wildman–Crippen LogP) is 2.17. The molecule has 3 N–H and O–H groups in total. The van der Waals surface area contributed by atoms with E-state index in [9.17, 15) is 23.4 Å². The summed E-state index contributed by atoms with van der Waals surface area (Å²) < 4.78 is 28.8. The minimum absolute atomic E-state index is 0.0716. The lowest BCUT2D eigenvalue weighted by atomic mass is 10.1. The van der Waals surface area contributed by atoms with Gasteiger partial charge in [0.05, 0.1) is 5.69 Å². The first-order valence-electron chi connectivity index (χ1n) is 9.56. The van der Waals surface area contributed by atoms with Crippen molar-refractivity contribution < 1.29 is 18.6 Å². The maximum atomic E-state index is 13.0. The molecule has 0 amide bonds. The van der Waals surface area contributed by atoms with E-state index < -0.39 is 15.6 Å². The second-order valence-electron chi connectivity index (χ2n) is 6.87. The SMILES string of the molecule is CCCCc1nn(CCCC)c(=O)c(C2=Nc3ccc(O)cc3S(=O)(=O)N2)c1O. The molecule has 0 fully saturated rings. The monoisotopic (exact) mass is 420 g/mol. The van der Waals surface area contributed by atoms with Gasteiger partial charge in [-0.2, -0.15) is 5.10 Å². The minimum Gasteiger partial charge on any atom is -0.508 e. The highest BCUT2D eigenvalue weighted by Gasteiger charge is 2.31. The summed E-state index contributed by atoms with van der Waals surface area (Å²) in [6.45, 7) is 4.33. The van der Waals surface area contributed by atoms with Crippen molar-refractivity contribution in [1.29, 1.82) is 0 Å². The Labute approximate surface area is 168 Å². The Hall–Kier alpha value is -2.88. The van der Waals surface area contributed by atoms with Crippen LogP contribution in [0.5, 0.6) is 11.5 Å². The zero-order chi connectivity index (χ0) is 21.2. The number of aryl methyl sites for hydroxylation is 2. The fourth-order valence-electron chi connectivity index (χ4n) is 3.04. The second kappa shape index (κ2) is 8.24. The topological polar surface area (TPSA) is 134 Å². The van der Waals surface area contributed by atoms with Crippen molar-refractivity contribution in [2.45, 2.75) is 57.4 Å². The third-order valence-corrected chi connectivity index (χ3v) is 5.99. The summed E-state index contributed by atoms with van der Waals surface area (Å²) in [4.78, 5) is 17.0. The summed E-state index contributed by atoms with van der Waals surface area (Å²) >= 11 is 0. The summed E-state index contributed by atoms with van der Waals surface area (Å²) in [5.74, 6) is -0.834. The molecule has 0 unspecified atom stereocenters. The average Bonchev–Trinajstić information content (AvgIpc) is 2.67. The van der Waals surface area contributed by atoms with Gasteiger partial charge >= 0.3 is 0 Å². The maximum Gasteiger partial charge on any atom is 0.281 e. The zero-order valence-corrected chi connectivity index (χ0v) is 17.2. The second-order valence-corrected chi connectivity index (χ2v) is 8.52. The fraction of sp³-hybridized carbons (Fsp3) is 0.421. The number of hydrogen-bond donors (Lipinski definition) is 3. The van der Waals surface area contributed by atoms with E-state index in [1.54, 1.807) is 0 Å². The van der Waals surface area contributed by atoms with Crippen molar-refractivity contribution in [1.82, 2.24) is 14.5 Å². The van der Waals surface area contributed by atoms with E-state index >= 15 is 0 Å². The van der Waals surface area contributed by atoms with Crippen LogP contribution in [0.25, 0.3) is 0 Å². The Bertz CT molecular complexity index is 1120. The molecule has 1 aliphatic rings. The quantitative estimate of drug-likeness (QED) is 0.628. The van der Waals surface area contributed by atoms with E-state index in [1.807, 2.05) is 13.8 Å². The van der Waals surface area contributed by atoms with Crippen LogP contribution in [0.1, 0.15) is 50.8 Å². The van der Waals surface area contributed by atoms with E-state index in [0.29, 0.717) is 25.1 Å². The van der Waals surface area contributed by atoms with Crippen molar-refractivity contribution in [2.75, 3.05) is 0 Å². The molecule has 1 aromatic carbocycles. The van der Waals surface area contributed by atoms with Crippen molar-refractivity contribution >= 4 is 21.5 Å². The van der Waals surface area contributed by atoms with Crippen molar-refractivity contribution in [3.8, 4) is 11.5 Å². The summed E-state index contributed by atoms with van der Waals surface area (Å²) in [6.07, 6.45) is 3.64. The highest BCUT2D eigenvalue weighted by Crippen LogP contribution is 2.32. The van der Waals surface area contributed by atoms with Gasteiger partial charge in [-0.25, -0.2) is 18.1 Å². The summed E-state index contributed by atoms with van der Waals surface area (Å²) in [5, 5.41) is 24.6. The summed E-state index contributed by atoms with van der Waals surface area (Å²) in [7, 11) is -4.08. The van der Waals surface area contributed by atoms with Gasteiger partial charge in [0, 0.05) is 12.6 Å². The molecule has 3 rings (SSSR count). The molecule has 9 nitrogen and oxygen atoms in total. The van der Waals surface area contributed by atoms with E-state index in [0.717, 1.165) is 25.3 Å². The van der Waals surface area contributed by atoms with Gasteiger partial charge in [0.15, 0.2) is 11.6 Å². The molecule has 10 heteroatoms. The average molecular weight is 420 g/mol. The number of benzene rings is 1. The Morgan fingerprint density at radius 1 is 1.14 bits per heavy atom. The smallest absolute Gasteiger partial charge is 0.281 e. The molecule has 0 radical (unpaired) electrons. The Balaban J connectivity index is 2.21. The lowest BCUT2D eigenvalue weighted by Crippen LogP contribution is -2.40. The number of unbranched alkanes of at least 4 members (excludes halogenated alkanes) is 2. The number of amidine groups is 1. The van der Waals surface area contributed by atoms with Gasteiger partial charge < -0.3 is 10.2 Å². The fourth-order valence-corrected chi connectivity index (χ4v) is 4.22. The number of fused-ring (bicyclic) bond motifs is 1. The highest BCUT2D eigenvalue weighted by molar-refractivity contribution is 7.90. The number of nitrogens with one attached hydrogen (secondary N) is 1. The number of phenols is 1. The van der Waals surface area contributed by atoms with Gasteiger partial charge in [0.25, 0.3) is 15.6 Å². The van der Waals surface area contributed by atoms with Gasteiger partial charge in [-0.15, -0.1) is 0 Å². The van der Waals surface area contributed by atoms with E-state index in [4.69, 9.17) is 0 Å². The first kappa shape index (κ1) is 20.8. The Morgan fingerprint density at radius 3 is 2.55 bits per heavy atom. The summed E-state index contributed by atoms with van der Waals surface area (Å²) in [5.41, 5.74) is -0.428. The normalized spacial score (nSPS) is 14.8. The molecule has 0 saturated carbocycles. The standard InChI is InChI=1S/C19H24N4O5S/c1-3-5-7-14-17(25)16(19(26)23(21-14)10-6-4-2)18-20-13-9-8-12(24)11-15(13)29(27,28)22-18/h8-9,11,24-25H,3-7,10H2,1-2H3,(H,20,22). The van der Waals surface area contributed by atoms with Crippen LogP contribution in [-0.2, 0) is 23.0 Å². The molecule has 2 aromatic rings. The number of sulfonamides is 1. The van der Waals surface area contributed by atoms with Crippen LogP contribution in [0.15, 0.2) is 32.9 Å². The van der Waals surface area contributed by atoms with E-state index in [-0.39, 0.29) is 33.5 Å². The molecule has 0 aliphatic carbocycles. The molecule has 1 aliphatic heterocycles. The first-order chi connectivity index (χ1) is 13.8.